The lowest BCUT2D eigenvalue weighted by Gasteiger charge is -2.13. The number of hydrogen-bond donors (Lipinski definition) is 1. The number of aromatic nitrogens is 3. The Bertz CT molecular complexity index is 711. The number of nitrogens with zero attached hydrogens (tertiary/aromatic N) is 3. The van der Waals surface area contributed by atoms with E-state index in [1.54, 1.807) is 31.2 Å². The fraction of sp³-hybridized carbons (Fsp3) is 0.333. The number of anilines is 1. The summed E-state index contributed by atoms with van der Waals surface area (Å²) in [6.07, 6.45) is 0. The van der Waals surface area contributed by atoms with Crippen molar-refractivity contribution in [3.63, 3.8) is 0 Å². The fourth-order valence-electron chi connectivity index (χ4n) is 1.84. The molecule has 0 fully saturated rings. The maximum absolute atomic E-state index is 12.3. The zero-order valence-electron chi connectivity index (χ0n) is 13.0. The molecule has 116 valence electrons. The Morgan fingerprint density at radius 2 is 1.95 bits per heavy atom. The third kappa shape index (κ3) is 3.54. The number of rotatable bonds is 5. The van der Waals surface area contributed by atoms with Crippen LogP contribution in [0.5, 0.6) is 0 Å². The summed E-state index contributed by atoms with van der Waals surface area (Å²) in [5.41, 5.74) is 1.03. The van der Waals surface area contributed by atoms with Gasteiger partial charge < -0.3 is 9.88 Å². The fourth-order valence-corrected chi connectivity index (χ4v) is 2.70. The summed E-state index contributed by atoms with van der Waals surface area (Å²) in [6, 6.07) is 6.97. The summed E-state index contributed by atoms with van der Waals surface area (Å²) < 4.78 is 1.83. The molecule has 0 saturated heterocycles. The molecule has 0 bridgehead atoms. The molecule has 1 N–H and O–H groups in total. The van der Waals surface area contributed by atoms with Crippen LogP contribution < -0.4 is 5.32 Å². The van der Waals surface area contributed by atoms with Crippen LogP contribution in [-0.2, 0) is 11.8 Å². The van der Waals surface area contributed by atoms with E-state index < -0.39 is 0 Å². The molecule has 0 unspecified atom stereocenters. The lowest BCUT2D eigenvalue weighted by atomic mass is 10.1. The summed E-state index contributed by atoms with van der Waals surface area (Å²) in [5.74, 6) is 0.525. The van der Waals surface area contributed by atoms with Crippen molar-refractivity contribution in [3.8, 4) is 0 Å². The quantitative estimate of drug-likeness (QED) is 0.677. The van der Waals surface area contributed by atoms with Crippen LogP contribution in [-0.4, -0.2) is 31.7 Å². The average molecular weight is 318 g/mol. The Kier molecular flexibility index (Phi) is 4.97. The highest BCUT2D eigenvalue weighted by Crippen LogP contribution is 2.23. The van der Waals surface area contributed by atoms with E-state index in [1.807, 2.05) is 18.5 Å². The monoisotopic (exact) mass is 318 g/mol. The van der Waals surface area contributed by atoms with Crippen LogP contribution in [0.3, 0.4) is 0 Å². The molecule has 0 spiro atoms. The van der Waals surface area contributed by atoms with Crippen molar-refractivity contribution in [2.24, 2.45) is 7.05 Å². The van der Waals surface area contributed by atoms with E-state index in [1.165, 1.54) is 18.7 Å². The van der Waals surface area contributed by atoms with Crippen LogP contribution in [0.1, 0.15) is 30.0 Å². The first-order valence-electron chi connectivity index (χ1n) is 6.83. The van der Waals surface area contributed by atoms with Crippen molar-refractivity contribution in [3.05, 3.63) is 35.7 Å². The number of Topliss-reactive ketones (excluding diaryl/α,β-unsaturated/α-hetero) is 1. The van der Waals surface area contributed by atoms with Gasteiger partial charge in [0.1, 0.15) is 5.82 Å². The Balaban J connectivity index is 2.09. The van der Waals surface area contributed by atoms with E-state index in [9.17, 15) is 9.59 Å². The molecular formula is C15H18N4O2S. The first kappa shape index (κ1) is 16.2. The van der Waals surface area contributed by atoms with E-state index in [-0.39, 0.29) is 16.9 Å². The number of amides is 1. The highest BCUT2D eigenvalue weighted by atomic mass is 32.2. The van der Waals surface area contributed by atoms with Gasteiger partial charge in [0, 0.05) is 12.6 Å². The summed E-state index contributed by atoms with van der Waals surface area (Å²) in [7, 11) is 1.85. The van der Waals surface area contributed by atoms with Gasteiger partial charge in [0.25, 0.3) is 0 Å². The van der Waals surface area contributed by atoms with Gasteiger partial charge in [0.15, 0.2) is 10.9 Å². The van der Waals surface area contributed by atoms with Gasteiger partial charge in [0.2, 0.25) is 5.91 Å². The Labute approximate surface area is 133 Å². The Morgan fingerprint density at radius 1 is 1.27 bits per heavy atom. The van der Waals surface area contributed by atoms with Gasteiger partial charge in [-0.25, -0.2) is 0 Å². The van der Waals surface area contributed by atoms with Crippen molar-refractivity contribution >= 4 is 29.1 Å². The molecule has 0 aliphatic carbocycles. The number of ketones is 1. The van der Waals surface area contributed by atoms with E-state index in [0.717, 1.165) is 5.82 Å². The van der Waals surface area contributed by atoms with Gasteiger partial charge in [0.05, 0.1) is 10.9 Å². The second-order valence-electron chi connectivity index (χ2n) is 4.94. The zero-order valence-corrected chi connectivity index (χ0v) is 13.8. The first-order chi connectivity index (χ1) is 10.4. The van der Waals surface area contributed by atoms with Crippen molar-refractivity contribution in [2.45, 2.75) is 31.2 Å². The van der Waals surface area contributed by atoms with Crippen molar-refractivity contribution in [1.82, 2.24) is 14.8 Å². The van der Waals surface area contributed by atoms with Crippen molar-refractivity contribution in [2.75, 3.05) is 5.32 Å². The van der Waals surface area contributed by atoms with Gasteiger partial charge >= 0.3 is 0 Å². The minimum absolute atomic E-state index is 0.0832. The van der Waals surface area contributed by atoms with Gasteiger partial charge in [-0.3, -0.25) is 9.59 Å². The van der Waals surface area contributed by atoms with E-state index in [0.29, 0.717) is 16.4 Å². The molecule has 1 amide bonds. The molecule has 1 atom stereocenters. The minimum atomic E-state index is -0.359. The summed E-state index contributed by atoms with van der Waals surface area (Å²) >= 11 is 1.33. The van der Waals surface area contributed by atoms with Crippen LogP contribution in [0.25, 0.3) is 0 Å². The average Bonchev–Trinajstić information content (AvgIpc) is 2.79. The third-order valence-corrected chi connectivity index (χ3v) is 4.40. The van der Waals surface area contributed by atoms with Crippen molar-refractivity contribution in [1.29, 1.82) is 0 Å². The number of aryl methyl sites for hydroxylation is 1. The second-order valence-corrected chi connectivity index (χ2v) is 6.25. The zero-order chi connectivity index (χ0) is 16.3. The van der Waals surface area contributed by atoms with Crippen LogP contribution in [0.4, 0.5) is 5.69 Å². The molecule has 22 heavy (non-hydrogen) atoms. The number of carbonyl (C=O) groups excluding carboxylic acids is 2. The van der Waals surface area contributed by atoms with Crippen LogP contribution >= 0.6 is 11.8 Å². The first-order valence-corrected chi connectivity index (χ1v) is 7.71. The van der Waals surface area contributed by atoms with Crippen LogP contribution in [0.2, 0.25) is 0 Å². The molecule has 0 aliphatic rings. The number of nitrogens with one attached hydrogen (secondary N) is 1. The third-order valence-electron chi connectivity index (χ3n) is 3.27. The largest absolute Gasteiger partial charge is 0.324 e. The maximum Gasteiger partial charge on any atom is 0.237 e. The standard InChI is InChI=1S/C15H18N4O2S/c1-9(20)12-7-5-6-8-13(12)16-14(21)10(2)22-15-18-17-11(3)19(15)4/h5-8,10H,1-4H3,(H,16,21)/t10-/m0/s1. The lowest BCUT2D eigenvalue weighted by molar-refractivity contribution is -0.115. The van der Waals surface area contributed by atoms with Crippen LogP contribution in [0.15, 0.2) is 29.4 Å². The second kappa shape index (κ2) is 6.74. The van der Waals surface area contributed by atoms with Crippen molar-refractivity contribution < 1.29 is 9.59 Å². The number of hydrogen-bond acceptors (Lipinski definition) is 5. The number of carbonyl (C=O) groups is 2. The molecule has 0 aliphatic heterocycles. The Morgan fingerprint density at radius 3 is 2.55 bits per heavy atom. The molecular weight excluding hydrogens is 300 g/mol. The van der Waals surface area contributed by atoms with Gasteiger partial charge in [-0.2, -0.15) is 0 Å². The molecule has 1 aromatic heterocycles. The molecule has 0 radical (unpaired) electrons. The van der Waals surface area contributed by atoms with Gasteiger partial charge in [-0.15, -0.1) is 10.2 Å². The van der Waals surface area contributed by atoms with E-state index in [4.69, 9.17) is 0 Å². The van der Waals surface area contributed by atoms with Crippen LogP contribution in [0, 0.1) is 6.92 Å². The summed E-state index contributed by atoms with van der Waals surface area (Å²) in [6.45, 7) is 5.12. The minimum Gasteiger partial charge on any atom is -0.324 e. The van der Waals surface area contributed by atoms with E-state index >= 15 is 0 Å². The molecule has 2 rings (SSSR count). The molecule has 0 saturated carbocycles. The molecule has 6 nitrogen and oxygen atoms in total. The molecule has 1 heterocycles. The van der Waals surface area contributed by atoms with Gasteiger partial charge in [-0.1, -0.05) is 23.9 Å². The predicted octanol–water partition coefficient (Wildman–Crippen LogP) is 2.45. The number of para-hydroxylation sites is 1. The number of benzene rings is 1. The maximum atomic E-state index is 12.3. The summed E-state index contributed by atoms with van der Waals surface area (Å²) in [4.78, 5) is 23.9. The predicted molar refractivity (Wildman–Crippen MR) is 86.1 cm³/mol. The molecule has 1 aromatic carbocycles. The van der Waals surface area contributed by atoms with Gasteiger partial charge in [-0.05, 0) is 32.9 Å². The Hall–Kier alpha value is -2.15. The molecule has 2 aromatic rings. The summed E-state index contributed by atoms with van der Waals surface area (Å²) in [5, 5.41) is 11.1. The topological polar surface area (TPSA) is 76.9 Å². The normalized spacial score (nSPS) is 12.0. The van der Waals surface area contributed by atoms with E-state index in [2.05, 4.69) is 15.5 Å². The smallest absolute Gasteiger partial charge is 0.237 e. The molecule has 7 heteroatoms. The number of thioether (sulfide) groups is 1. The lowest BCUT2D eigenvalue weighted by Crippen LogP contribution is -2.23. The SMILES string of the molecule is CC(=O)c1ccccc1NC(=O)[C@H](C)Sc1nnc(C)n1C. The highest BCUT2D eigenvalue weighted by Gasteiger charge is 2.19. The highest BCUT2D eigenvalue weighted by molar-refractivity contribution is 8.00.